The molecular weight excluding hydrogens is 372 g/mol. The molecule has 7 heteroatoms. The number of benzene rings is 2. The van der Waals surface area contributed by atoms with Gasteiger partial charge in [0.15, 0.2) is 5.16 Å². The van der Waals surface area contributed by atoms with Crippen LogP contribution in [-0.4, -0.2) is 20.9 Å². The number of para-hydroxylation sites is 2. The summed E-state index contributed by atoms with van der Waals surface area (Å²) in [5, 5.41) is 3.72. The molecule has 0 aliphatic heterocycles. The van der Waals surface area contributed by atoms with Crippen molar-refractivity contribution in [2.45, 2.75) is 31.3 Å². The zero-order valence-electron chi connectivity index (χ0n) is 15.7. The fourth-order valence-corrected chi connectivity index (χ4v) is 3.77. The molecular formula is C21H20N4O2S. The van der Waals surface area contributed by atoms with Crippen molar-refractivity contribution in [2.24, 2.45) is 0 Å². The first-order valence-corrected chi connectivity index (χ1v) is 9.95. The molecule has 0 atom stereocenters. The number of amides is 1. The number of aryl methyl sites for hydroxylation is 2. The second-order valence-corrected chi connectivity index (χ2v) is 7.40. The van der Waals surface area contributed by atoms with Crippen molar-refractivity contribution in [3.05, 3.63) is 77.0 Å². The van der Waals surface area contributed by atoms with Crippen LogP contribution in [0.4, 0.5) is 0 Å². The van der Waals surface area contributed by atoms with E-state index >= 15 is 0 Å². The van der Waals surface area contributed by atoms with E-state index in [4.69, 9.17) is 4.42 Å². The van der Waals surface area contributed by atoms with Crippen molar-refractivity contribution in [2.75, 3.05) is 0 Å². The average molecular weight is 392 g/mol. The Morgan fingerprint density at radius 2 is 1.89 bits per heavy atom. The molecule has 2 aromatic carbocycles. The van der Waals surface area contributed by atoms with Crippen LogP contribution in [0.3, 0.4) is 0 Å². The fraction of sp³-hybridized carbons (Fsp3) is 0.190. The van der Waals surface area contributed by atoms with Crippen LogP contribution in [0.1, 0.15) is 33.3 Å². The van der Waals surface area contributed by atoms with Gasteiger partial charge in [-0.05, 0) is 37.6 Å². The maximum Gasteiger partial charge on any atom is 0.252 e. The quantitative estimate of drug-likeness (QED) is 0.476. The fourth-order valence-electron chi connectivity index (χ4n) is 2.88. The summed E-state index contributed by atoms with van der Waals surface area (Å²) in [5.74, 6) is 1.78. The third-order valence-corrected chi connectivity index (χ3v) is 5.39. The minimum Gasteiger partial charge on any atom is -0.444 e. The van der Waals surface area contributed by atoms with Gasteiger partial charge in [0.05, 0.1) is 23.3 Å². The van der Waals surface area contributed by atoms with E-state index in [2.05, 4.69) is 20.3 Å². The SMILES string of the molecule is Cc1nc(CNC(=O)c2ccccc2CSc2nc3ccccc3[nH]2)oc1C. The maximum atomic E-state index is 12.7. The van der Waals surface area contributed by atoms with E-state index in [-0.39, 0.29) is 12.5 Å². The largest absolute Gasteiger partial charge is 0.444 e. The molecule has 0 unspecified atom stereocenters. The van der Waals surface area contributed by atoms with Gasteiger partial charge in [-0.2, -0.15) is 0 Å². The second-order valence-electron chi connectivity index (χ2n) is 6.44. The van der Waals surface area contributed by atoms with Crippen molar-refractivity contribution in [3.63, 3.8) is 0 Å². The average Bonchev–Trinajstić information content (AvgIpc) is 3.27. The molecule has 0 bridgehead atoms. The highest BCUT2D eigenvalue weighted by molar-refractivity contribution is 7.98. The highest BCUT2D eigenvalue weighted by Gasteiger charge is 2.13. The number of carbonyl (C=O) groups excluding carboxylic acids is 1. The molecule has 0 aliphatic carbocycles. The van der Waals surface area contributed by atoms with Gasteiger partial charge in [0, 0.05) is 11.3 Å². The monoisotopic (exact) mass is 392 g/mol. The molecule has 4 aromatic rings. The zero-order chi connectivity index (χ0) is 19.5. The molecule has 142 valence electrons. The van der Waals surface area contributed by atoms with E-state index in [0.717, 1.165) is 33.2 Å². The Balaban J connectivity index is 1.44. The molecule has 0 radical (unpaired) electrons. The van der Waals surface area contributed by atoms with E-state index in [1.807, 2.05) is 62.4 Å². The molecule has 2 heterocycles. The lowest BCUT2D eigenvalue weighted by atomic mass is 10.1. The van der Waals surface area contributed by atoms with Crippen LogP contribution in [0.2, 0.25) is 0 Å². The Morgan fingerprint density at radius 1 is 1.11 bits per heavy atom. The molecule has 2 N–H and O–H groups in total. The number of nitrogens with zero attached hydrogens (tertiary/aromatic N) is 2. The first-order chi connectivity index (χ1) is 13.6. The summed E-state index contributed by atoms with van der Waals surface area (Å²) in [7, 11) is 0. The number of rotatable bonds is 6. The Bertz CT molecular complexity index is 1080. The van der Waals surface area contributed by atoms with Gasteiger partial charge in [-0.3, -0.25) is 4.79 Å². The van der Waals surface area contributed by atoms with Crippen LogP contribution in [0.15, 0.2) is 58.1 Å². The van der Waals surface area contributed by atoms with Crippen LogP contribution < -0.4 is 5.32 Å². The Morgan fingerprint density at radius 3 is 2.68 bits per heavy atom. The van der Waals surface area contributed by atoms with E-state index in [1.54, 1.807) is 11.8 Å². The number of oxazole rings is 1. The lowest BCUT2D eigenvalue weighted by molar-refractivity contribution is 0.0946. The summed E-state index contributed by atoms with van der Waals surface area (Å²) in [6.45, 7) is 4.01. The Kier molecular flexibility index (Phi) is 5.16. The van der Waals surface area contributed by atoms with Crippen LogP contribution in [0, 0.1) is 13.8 Å². The molecule has 4 rings (SSSR count). The molecule has 6 nitrogen and oxygen atoms in total. The summed E-state index contributed by atoms with van der Waals surface area (Å²) < 4.78 is 5.52. The molecule has 2 aromatic heterocycles. The normalized spacial score (nSPS) is 11.1. The van der Waals surface area contributed by atoms with Crippen LogP contribution in [0.5, 0.6) is 0 Å². The number of aromatic amines is 1. The van der Waals surface area contributed by atoms with Gasteiger partial charge in [-0.25, -0.2) is 9.97 Å². The summed E-state index contributed by atoms with van der Waals surface area (Å²) in [6.07, 6.45) is 0. The number of aromatic nitrogens is 3. The summed E-state index contributed by atoms with van der Waals surface area (Å²) in [4.78, 5) is 24.8. The number of fused-ring (bicyclic) bond motifs is 1. The predicted octanol–water partition coefficient (Wildman–Crippen LogP) is 4.39. The highest BCUT2D eigenvalue weighted by atomic mass is 32.2. The van der Waals surface area contributed by atoms with Crippen molar-refractivity contribution in [1.29, 1.82) is 0 Å². The van der Waals surface area contributed by atoms with Gasteiger partial charge in [-0.1, -0.05) is 42.1 Å². The van der Waals surface area contributed by atoms with E-state index < -0.39 is 0 Å². The van der Waals surface area contributed by atoms with Gasteiger partial charge in [0.25, 0.3) is 5.91 Å². The first kappa shape index (κ1) is 18.3. The van der Waals surface area contributed by atoms with Gasteiger partial charge in [-0.15, -0.1) is 0 Å². The van der Waals surface area contributed by atoms with E-state index in [9.17, 15) is 4.79 Å². The molecule has 1 amide bonds. The molecule has 0 aliphatic rings. The third kappa shape index (κ3) is 3.94. The lowest BCUT2D eigenvalue weighted by Crippen LogP contribution is -2.24. The molecule has 28 heavy (non-hydrogen) atoms. The van der Waals surface area contributed by atoms with Gasteiger partial charge >= 0.3 is 0 Å². The van der Waals surface area contributed by atoms with Crippen LogP contribution >= 0.6 is 11.8 Å². The number of thioether (sulfide) groups is 1. The number of carbonyl (C=O) groups is 1. The van der Waals surface area contributed by atoms with Crippen molar-refractivity contribution in [3.8, 4) is 0 Å². The molecule has 0 saturated carbocycles. The number of H-pyrrole nitrogens is 1. The smallest absolute Gasteiger partial charge is 0.252 e. The molecule has 0 saturated heterocycles. The third-order valence-electron chi connectivity index (χ3n) is 4.47. The Hall–Kier alpha value is -3.06. The van der Waals surface area contributed by atoms with Crippen LogP contribution in [-0.2, 0) is 12.3 Å². The van der Waals surface area contributed by atoms with E-state index in [1.165, 1.54) is 0 Å². The minimum atomic E-state index is -0.144. The van der Waals surface area contributed by atoms with E-state index in [0.29, 0.717) is 17.2 Å². The minimum absolute atomic E-state index is 0.144. The zero-order valence-corrected chi connectivity index (χ0v) is 16.5. The van der Waals surface area contributed by atoms with Crippen molar-refractivity contribution >= 4 is 28.7 Å². The number of hydrogen-bond acceptors (Lipinski definition) is 5. The summed E-state index contributed by atoms with van der Waals surface area (Å²) >= 11 is 1.57. The highest BCUT2D eigenvalue weighted by Crippen LogP contribution is 2.24. The predicted molar refractivity (Wildman–Crippen MR) is 109 cm³/mol. The maximum absolute atomic E-state index is 12.7. The molecule has 0 spiro atoms. The number of nitrogens with one attached hydrogen (secondary N) is 2. The molecule has 0 fully saturated rings. The van der Waals surface area contributed by atoms with Gasteiger partial charge in [0.2, 0.25) is 5.89 Å². The Labute approximate surface area is 166 Å². The standard InChI is InChI=1S/C21H20N4O2S/c1-13-14(2)27-19(23-13)11-22-20(26)16-8-4-3-7-15(16)12-28-21-24-17-9-5-6-10-18(17)25-21/h3-10H,11-12H2,1-2H3,(H,22,26)(H,24,25). The van der Waals surface area contributed by atoms with Gasteiger partial charge in [0.1, 0.15) is 5.76 Å². The topological polar surface area (TPSA) is 83.8 Å². The second kappa shape index (κ2) is 7.90. The number of imidazole rings is 1. The van der Waals surface area contributed by atoms with Crippen molar-refractivity contribution in [1.82, 2.24) is 20.3 Å². The van der Waals surface area contributed by atoms with Gasteiger partial charge < -0.3 is 14.7 Å². The summed E-state index contributed by atoms with van der Waals surface area (Å²) in [5.41, 5.74) is 4.38. The van der Waals surface area contributed by atoms with Crippen molar-refractivity contribution < 1.29 is 9.21 Å². The van der Waals surface area contributed by atoms with Crippen LogP contribution in [0.25, 0.3) is 11.0 Å². The summed E-state index contributed by atoms with van der Waals surface area (Å²) in [6, 6.07) is 15.5. The number of hydrogen-bond donors (Lipinski definition) is 2. The lowest BCUT2D eigenvalue weighted by Gasteiger charge is -2.08. The first-order valence-electron chi connectivity index (χ1n) is 8.96.